The van der Waals surface area contributed by atoms with Crippen LogP contribution in [0, 0.1) is 0 Å². The van der Waals surface area contributed by atoms with Crippen LogP contribution in [0.1, 0.15) is 31.0 Å². The number of nitrogens with one attached hydrogen (secondary N) is 1. The molecule has 1 aromatic rings. The van der Waals surface area contributed by atoms with E-state index in [1.54, 1.807) is 6.20 Å². The van der Waals surface area contributed by atoms with Crippen molar-refractivity contribution in [3.8, 4) is 0 Å². The largest absolute Gasteiger partial charge is 0.350 e. The summed E-state index contributed by atoms with van der Waals surface area (Å²) in [6, 6.07) is 3.95. The van der Waals surface area contributed by atoms with Crippen molar-refractivity contribution < 1.29 is 4.79 Å². The number of aromatic nitrogens is 1. The molecule has 0 atom stereocenters. The third-order valence-corrected chi connectivity index (χ3v) is 2.43. The Hall–Kier alpha value is -1.42. The van der Waals surface area contributed by atoms with Crippen LogP contribution in [0.25, 0.3) is 0 Å². The third kappa shape index (κ3) is 3.98. The maximum atomic E-state index is 11.4. The third-order valence-electron chi connectivity index (χ3n) is 2.43. The van der Waals surface area contributed by atoms with Gasteiger partial charge in [0.1, 0.15) is 0 Å². The standard InChI is InChI=1S/C12H19N3O/c1-2-10-5-4-8-14-11(10)9-15-12(16)6-3-7-13/h4-5,8H,2-3,6-7,9,13H2,1H3,(H,15,16). The Morgan fingerprint density at radius 2 is 2.38 bits per heavy atom. The fourth-order valence-corrected chi connectivity index (χ4v) is 1.49. The second-order valence-electron chi connectivity index (χ2n) is 3.63. The van der Waals surface area contributed by atoms with E-state index in [-0.39, 0.29) is 5.91 Å². The van der Waals surface area contributed by atoms with Gasteiger partial charge in [0.25, 0.3) is 0 Å². The molecule has 1 amide bonds. The Kier molecular flexibility index (Phi) is 5.50. The lowest BCUT2D eigenvalue weighted by atomic mass is 10.1. The minimum atomic E-state index is 0.0400. The molecule has 16 heavy (non-hydrogen) atoms. The molecule has 0 unspecified atom stereocenters. The topological polar surface area (TPSA) is 68.0 Å². The number of carbonyl (C=O) groups excluding carboxylic acids is 1. The molecule has 0 spiro atoms. The molecule has 0 bridgehead atoms. The quantitative estimate of drug-likeness (QED) is 0.753. The van der Waals surface area contributed by atoms with Gasteiger partial charge in [0.2, 0.25) is 5.91 Å². The average Bonchev–Trinajstić information content (AvgIpc) is 2.34. The molecule has 0 aliphatic rings. The Morgan fingerprint density at radius 3 is 3.06 bits per heavy atom. The maximum absolute atomic E-state index is 11.4. The minimum absolute atomic E-state index is 0.0400. The summed E-state index contributed by atoms with van der Waals surface area (Å²) in [6.07, 6.45) is 3.90. The monoisotopic (exact) mass is 221 g/mol. The molecule has 0 saturated carbocycles. The Morgan fingerprint density at radius 1 is 1.56 bits per heavy atom. The van der Waals surface area contributed by atoms with E-state index in [1.165, 1.54) is 5.56 Å². The van der Waals surface area contributed by atoms with Crippen molar-refractivity contribution in [2.75, 3.05) is 6.54 Å². The summed E-state index contributed by atoms with van der Waals surface area (Å²) in [6.45, 7) is 3.14. The molecule has 3 N–H and O–H groups in total. The smallest absolute Gasteiger partial charge is 0.220 e. The number of amides is 1. The molecular weight excluding hydrogens is 202 g/mol. The summed E-state index contributed by atoms with van der Waals surface area (Å²) in [4.78, 5) is 15.6. The SMILES string of the molecule is CCc1cccnc1CNC(=O)CCCN. The second kappa shape index (κ2) is 6.95. The van der Waals surface area contributed by atoms with Crippen molar-refractivity contribution >= 4 is 5.91 Å². The van der Waals surface area contributed by atoms with Crippen molar-refractivity contribution in [3.63, 3.8) is 0 Å². The van der Waals surface area contributed by atoms with Gasteiger partial charge in [-0.05, 0) is 31.0 Å². The van der Waals surface area contributed by atoms with Gasteiger partial charge in [0.05, 0.1) is 12.2 Å². The Balaban J connectivity index is 2.44. The summed E-state index contributed by atoms with van der Waals surface area (Å²) in [5.74, 6) is 0.0400. The zero-order chi connectivity index (χ0) is 11.8. The van der Waals surface area contributed by atoms with E-state index >= 15 is 0 Å². The van der Waals surface area contributed by atoms with Gasteiger partial charge < -0.3 is 11.1 Å². The van der Waals surface area contributed by atoms with Crippen molar-refractivity contribution in [1.29, 1.82) is 0 Å². The van der Waals surface area contributed by atoms with E-state index in [9.17, 15) is 4.79 Å². The summed E-state index contributed by atoms with van der Waals surface area (Å²) >= 11 is 0. The highest BCUT2D eigenvalue weighted by atomic mass is 16.1. The molecule has 88 valence electrons. The predicted octanol–water partition coefficient (Wildman–Crippen LogP) is 0.999. The van der Waals surface area contributed by atoms with E-state index < -0.39 is 0 Å². The van der Waals surface area contributed by atoms with Gasteiger partial charge in [0, 0.05) is 12.6 Å². The van der Waals surface area contributed by atoms with Gasteiger partial charge in [-0.1, -0.05) is 13.0 Å². The van der Waals surface area contributed by atoms with E-state index in [2.05, 4.69) is 17.2 Å². The van der Waals surface area contributed by atoms with Crippen LogP contribution in [0.3, 0.4) is 0 Å². The maximum Gasteiger partial charge on any atom is 0.220 e. The number of nitrogens with two attached hydrogens (primary N) is 1. The first-order valence-corrected chi connectivity index (χ1v) is 5.67. The number of rotatable bonds is 6. The summed E-state index contributed by atoms with van der Waals surface area (Å²) in [7, 11) is 0. The van der Waals surface area contributed by atoms with E-state index in [1.807, 2.05) is 12.1 Å². The highest BCUT2D eigenvalue weighted by molar-refractivity contribution is 5.75. The van der Waals surface area contributed by atoms with Crippen molar-refractivity contribution in [2.24, 2.45) is 5.73 Å². The van der Waals surface area contributed by atoms with Crippen LogP contribution >= 0.6 is 0 Å². The van der Waals surface area contributed by atoms with Crippen LogP contribution in [0.15, 0.2) is 18.3 Å². The number of pyridine rings is 1. The number of aryl methyl sites for hydroxylation is 1. The highest BCUT2D eigenvalue weighted by Gasteiger charge is 2.04. The molecule has 0 fully saturated rings. The molecule has 0 saturated heterocycles. The van der Waals surface area contributed by atoms with Gasteiger partial charge in [-0.25, -0.2) is 0 Å². The van der Waals surface area contributed by atoms with Gasteiger partial charge in [-0.3, -0.25) is 9.78 Å². The van der Waals surface area contributed by atoms with Crippen LogP contribution in [0.2, 0.25) is 0 Å². The fraction of sp³-hybridized carbons (Fsp3) is 0.500. The molecule has 0 radical (unpaired) electrons. The van der Waals surface area contributed by atoms with E-state index in [0.29, 0.717) is 19.5 Å². The number of nitrogens with zero attached hydrogens (tertiary/aromatic N) is 1. The van der Waals surface area contributed by atoms with Crippen LogP contribution in [0.4, 0.5) is 0 Å². The Labute approximate surface area is 96.3 Å². The van der Waals surface area contributed by atoms with E-state index in [4.69, 9.17) is 5.73 Å². The molecule has 4 nitrogen and oxygen atoms in total. The summed E-state index contributed by atoms with van der Waals surface area (Å²) in [5, 5.41) is 2.85. The predicted molar refractivity (Wildman–Crippen MR) is 63.8 cm³/mol. The first kappa shape index (κ1) is 12.6. The lowest BCUT2D eigenvalue weighted by Gasteiger charge is -2.07. The zero-order valence-corrected chi connectivity index (χ0v) is 9.70. The van der Waals surface area contributed by atoms with Crippen molar-refractivity contribution in [1.82, 2.24) is 10.3 Å². The molecule has 4 heteroatoms. The van der Waals surface area contributed by atoms with Crippen molar-refractivity contribution in [2.45, 2.75) is 32.7 Å². The zero-order valence-electron chi connectivity index (χ0n) is 9.70. The average molecular weight is 221 g/mol. The van der Waals surface area contributed by atoms with Gasteiger partial charge >= 0.3 is 0 Å². The first-order chi connectivity index (χ1) is 7.77. The van der Waals surface area contributed by atoms with Crippen LogP contribution in [-0.4, -0.2) is 17.4 Å². The molecule has 1 aromatic heterocycles. The normalized spacial score (nSPS) is 10.1. The number of hydrogen-bond donors (Lipinski definition) is 2. The van der Waals surface area contributed by atoms with Crippen molar-refractivity contribution in [3.05, 3.63) is 29.6 Å². The summed E-state index contributed by atoms with van der Waals surface area (Å²) in [5.41, 5.74) is 7.47. The number of carbonyl (C=O) groups is 1. The van der Waals surface area contributed by atoms with Gasteiger partial charge in [-0.2, -0.15) is 0 Å². The van der Waals surface area contributed by atoms with Gasteiger partial charge in [0.15, 0.2) is 0 Å². The van der Waals surface area contributed by atoms with Crippen LogP contribution < -0.4 is 11.1 Å². The Bertz CT molecular complexity index is 339. The molecule has 0 aromatic carbocycles. The van der Waals surface area contributed by atoms with Gasteiger partial charge in [-0.15, -0.1) is 0 Å². The second-order valence-corrected chi connectivity index (χ2v) is 3.63. The lowest BCUT2D eigenvalue weighted by molar-refractivity contribution is -0.121. The molecule has 1 rings (SSSR count). The molecular formula is C12H19N3O. The fourth-order valence-electron chi connectivity index (χ4n) is 1.49. The lowest BCUT2D eigenvalue weighted by Crippen LogP contribution is -2.24. The molecule has 0 aliphatic carbocycles. The molecule has 1 heterocycles. The molecule has 0 aliphatic heterocycles. The van der Waals surface area contributed by atoms with E-state index in [0.717, 1.165) is 18.5 Å². The first-order valence-electron chi connectivity index (χ1n) is 5.67. The highest BCUT2D eigenvalue weighted by Crippen LogP contribution is 2.05. The minimum Gasteiger partial charge on any atom is -0.350 e. The van der Waals surface area contributed by atoms with Crippen LogP contribution in [-0.2, 0) is 17.8 Å². The van der Waals surface area contributed by atoms with Crippen LogP contribution in [0.5, 0.6) is 0 Å². The number of hydrogen-bond acceptors (Lipinski definition) is 3. The summed E-state index contributed by atoms with van der Waals surface area (Å²) < 4.78 is 0.